The quantitative estimate of drug-likeness (QED) is 0.663. The Balaban J connectivity index is 1.87. The maximum Gasteiger partial charge on any atom is 0.0137 e. The summed E-state index contributed by atoms with van der Waals surface area (Å²) in [5.74, 6) is 0. The van der Waals surface area contributed by atoms with Crippen LogP contribution in [0.2, 0.25) is 0 Å². The lowest BCUT2D eigenvalue weighted by Gasteiger charge is -2.33. The molecule has 0 aromatic rings. The average molecular weight is 182 g/mol. The molecule has 1 aliphatic carbocycles. The van der Waals surface area contributed by atoms with E-state index in [2.05, 4.69) is 24.1 Å². The van der Waals surface area contributed by atoms with Crippen molar-refractivity contribution in [1.82, 2.24) is 10.2 Å². The van der Waals surface area contributed by atoms with Crippen LogP contribution < -0.4 is 5.32 Å². The summed E-state index contributed by atoms with van der Waals surface area (Å²) in [6, 6.07) is 0.953. The van der Waals surface area contributed by atoms with Crippen molar-refractivity contribution in [2.45, 2.75) is 51.1 Å². The minimum absolute atomic E-state index is 0.355. The van der Waals surface area contributed by atoms with Crippen molar-refractivity contribution >= 4 is 0 Å². The monoisotopic (exact) mass is 182 g/mol. The summed E-state index contributed by atoms with van der Waals surface area (Å²) in [4.78, 5) is 2.70. The summed E-state index contributed by atoms with van der Waals surface area (Å²) in [6.07, 6.45) is 5.52. The molecule has 0 amide bonds. The molecule has 0 bridgehead atoms. The number of nitrogens with one attached hydrogen (secondary N) is 1. The maximum atomic E-state index is 3.61. The lowest BCUT2D eigenvalue weighted by atomic mass is 9.99. The highest BCUT2D eigenvalue weighted by atomic mass is 15.2. The highest BCUT2D eigenvalue weighted by molar-refractivity contribution is 4.88. The van der Waals surface area contributed by atoms with E-state index in [1.807, 2.05) is 0 Å². The van der Waals surface area contributed by atoms with Crippen molar-refractivity contribution in [3.8, 4) is 0 Å². The predicted octanol–water partition coefficient (Wildman–Crippen LogP) is 1.61. The first-order valence-corrected chi connectivity index (χ1v) is 5.66. The van der Waals surface area contributed by atoms with E-state index < -0.39 is 0 Å². The standard InChI is InChI=1S/C11H22N2/c1-11(2)6-9-13(10-4-5-10)8-3-7-12-11/h10,12H,3-9H2,1-2H3. The Morgan fingerprint density at radius 3 is 2.69 bits per heavy atom. The van der Waals surface area contributed by atoms with Gasteiger partial charge in [-0.05, 0) is 52.6 Å². The van der Waals surface area contributed by atoms with Crippen molar-refractivity contribution in [2.75, 3.05) is 19.6 Å². The zero-order chi connectivity index (χ0) is 9.31. The van der Waals surface area contributed by atoms with Gasteiger partial charge in [-0.25, -0.2) is 0 Å². The number of hydrogen-bond donors (Lipinski definition) is 1. The molecule has 0 aromatic heterocycles. The van der Waals surface area contributed by atoms with Crippen molar-refractivity contribution in [3.05, 3.63) is 0 Å². The summed E-state index contributed by atoms with van der Waals surface area (Å²) in [6.45, 7) is 8.45. The number of nitrogens with zero attached hydrogens (tertiary/aromatic N) is 1. The normalized spacial score (nSPS) is 30.9. The van der Waals surface area contributed by atoms with E-state index in [0.29, 0.717) is 5.54 Å². The minimum atomic E-state index is 0.355. The Morgan fingerprint density at radius 2 is 2.00 bits per heavy atom. The Morgan fingerprint density at radius 1 is 1.23 bits per heavy atom. The topological polar surface area (TPSA) is 15.3 Å². The molecule has 13 heavy (non-hydrogen) atoms. The third-order valence-electron chi connectivity index (χ3n) is 3.31. The molecule has 0 radical (unpaired) electrons. The summed E-state index contributed by atoms with van der Waals surface area (Å²) < 4.78 is 0. The van der Waals surface area contributed by atoms with Gasteiger partial charge in [0.05, 0.1) is 0 Å². The van der Waals surface area contributed by atoms with Gasteiger partial charge in [0.15, 0.2) is 0 Å². The maximum absolute atomic E-state index is 3.61. The Kier molecular flexibility index (Phi) is 2.61. The molecule has 1 aliphatic heterocycles. The van der Waals surface area contributed by atoms with Crippen LogP contribution >= 0.6 is 0 Å². The van der Waals surface area contributed by atoms with E-state index in [4.69, 9.17) is 0 Å². The van der Waals surface area contributed by atoms with Gasteiger partial charge in [-0.1, -0.05) is 0 Å². The van der Waals surface area contributed by atoms with Crippen LogP contribution in [0.4, 0.5) is 0 Å². The Hall–Kier alpha value is -0.0800. The number of rotatable bonds is 1. The summed E-state index contributed by atoms with van der Waals surface area (Å²) in [5, 5.41) is 3.61. The van der Waals surface area contributed by atoms with E-state index in [-0.39, 0.29) is 0 Å². The van der Waals surface area contributed by atoms with Crippen LogP contribution in [-0.4, -0.2) is 36.1 Å². The van der Waals surface area contributed by atoms with Crippen LogP contribution in [0.25, 0.3) is 0 Å². The SMILES string of the molecule is CC1(C)CCN(C2CC2)CCCN1. The second kappa shape index (κ2) is 3.58. The Labute approximate surface area is 81.7 Å². The largest absolute Gasteiger partial charge is 0.312 e. The van der Waals surface area contributed by atoms with Crippen molar-refractivity contribution in [1.29, 1.82) is 0 Å². The molecule has 1 saturated heterocycles. The molecule has 0 spiro atoms. The van der Waals surface area contributed by atoms with Crippen LogP contribution in [0, 0.1) is 0 Å². The van der Waals surface area contributed by atoms with Gasteiger partial charge >= 0.3 is 0 Å². The zero-order valence-corrected chi connectivity index (χ0v) is 8.97. The zero-order valence-electron chi connectivity index (χ0n) is 8.97. The summed E-state index contributed by atoms with van der Waals surface area (Å²) >= 11 is 0. The molecular formula is C11H22N2. The molecule has 0 atom stereocenters. The van der Waals surface area contributed by atoms with E-state index in [9.17, 15) is 0 Å². The molecule has 1 heterocycles. The fourth-order valence-electron chi connectivity index (χ4n) is 2.14. The molecule has 0 aromatic carbocycles. The molecule has 1 N–H and O–H groups in total. The lowest BCUT2D eigenvalue weighted by molar-refractivity contribution is 0.197. The van der Waals surface area contributed by atoms with Gasteiger partial charge in [0.1, 0.15) is 0 Å². The molecule has 2 fully saturated rings. The van der Waals surface area contributed by atoms with Gasteiger partial charge < -0.3 is 10.2 Å². The smallest absolute Gasteiger partial charge is 0.0137 e. The molecule has 0 unspecified atom stereocenters. The fraction of sp³-hybridized carbons (Fsp3) is 1.00. The van der Waals surface area contributed by atoms with Gasteiger partial charge in [-0.3, -0.25) is 0 Å². The van der Waals surface area contributed by atoms with E-state index >= 15 is 0 Å². The lowest BCUT2D eigenvalue weighted by Crippen LogP contribution is -2.46. The van der Waals surface area contributed by atoms with Gasteiger partial charge in [-0.2, -0.15) is 0 Å². The molecule has 1 saturated carbocycles. The second-order valence-electron chi connectivity index (χ2n) is 5.18. The van der Waals surface area contributed by atoms with E-state index in [1.165, 1.54) is 45.3 Å². The van der Waals surface area contributed by atoms with E-state index in [1.54, 1.807) is 0 Å². The molecule has 76 valence electrons. The van der Waals surface area contributed by atoms with Crippen LogP contribution in [-0.2, 0) is 0 Å². The minimum Gasteiger partial charge on any atom is -0.312 e. The predicted molar refractivity (Wildman–Crippen MR) is 55.9 cm³/mol. The number of hydrogen-bond acceptors (Lipinski definition) is 2. The molecule has 2 aliphatic rings. The van der Waals surface area contributed by atoms with Crippen molar-refractivity contribution in [2.24, 2.45) is 0 Å². The first-order chi connectivity index (χ1) is 6.17. The van der Waals surface area contributed by atoms with Crippen LogP contribution in [0.5, 0.6) is 0 Å². The highest BCUT2D eigenvalue weighted by Gasteiger charge is 2.30. The molecule has 2 heteroatoms. The molecular weight excluding hydrogens is 160 g/mol. The molecule has 2 nitrogen and oxygen atoms in total. The highest BCUT2D eigenvalue weighted by Crippen LogP contribution is 2.28. The summed E-state index contributed by atoms with van der Waals surface area (Å²) in [7, 11) is 0. The van der Waals surface area contributed by atoms with Crippen molar-refractivity contribution < 1.29 is 0 Å². The first-order valence-electron chi connectivity index (χ1n) is 5.66. The van der Waals surface area contributed by atoms with Crippen molar-refractivity contribution in [3.63, 3.8) is 0 Å². The van der Waals surface area contributed by atoms with Crippen LogP contribution in [0.15, 0.2) is 0 Å². The van der Waals surface area contributed by atoms with Crippen LogP contribution in [0.1, 0.15) is 39.5 Å². The first kappa shape index (κ1) is 9.47. The van der Waals surface area contributed by atoms with Gasteiger partial charge in [-0.15, -0.1) is 0 Å². The van der Waals surface area contributed by atoms with Gasteiger partial charge in [0.2, 0.25) is 0 Å². The third-order valence-corrected chi connectivity index (χ3v) is 3.31. The van der Waals surface area contributed by atoms with E-state index in [0.717, 1.165) is 6.04 Å². The molecule has 2 rings (SSSR count). The van der Waals surface area contributed by atoms with Crippen LogP contribution in [0.3, 0.4) is 0 Å². The third kappa shape index (κ3) is 2.68. The summed E-state index contributed by atoms with van der Waals surface area (Å²) in [5.41, 5.74) is 0.355. The average Bonchev–Trinajstić information content (AvgIpc) is 2.82. The Bertz CT molecular complexity index is 173. The van der Waals surface area contributed by atoms with Gasteiger partial charge in [0, 0.05) is 18.1 Å². The fourth-order valence-corrected chi connectivity index (χ4v) is 2.14. The second-order valence-corrected chi connectivity index (χ2v) is 5.18. The van der Waals surface area contributed by atoms with Gasteiger partial charge in [0.25, 0.3) is 0 Å².